The third kappa shape index (κ3) is 1.10. The van der Waals surface area contributed by atoms with Crippen LogP contribution < -0.4 is 5.56 Å². The standard InChI is InChI=1S/C8H5NO4/c10-7-1-6-4(2-9-7)5(3-13-6)8(11)12/h1-3H,(H,9,10)(H,11,12). The van der Waals surface area contributed by atoms with E-state index in [1.807, 2.05) is 0 Å². The maximum atomic E-state index is 10.8. The maximum Gasteiger partial charge on any atom is 0.339 e. The SMILES string of the molecule is O=C(O)c1coc2cc(=O)[nH]cc12. The molecule has 2 aromatic rings. The first-order valence-corrected chi connectivity index (χ1v) is 3.52. The minimum Gasteiger partial charge on any atom is -0.478 e. The Kier molecular flexibility index (Phi) is 1.45. The van der Waals surface area contributed by atoms with Gasteiger partial charge in [-0.05, 0) is 0 Å². The summed E-state index contributed by atoms with van der Waals surface area (Å²) in [4.78, 5) is 23.8. The lowest BCUT2D eigenvalue weighted by molar-refractivity contribution is 0.0698. The van der Waals surface area contributed by atoms with Gasteiger partial charge in [0, 0.05) is 12.3 Å². The molecule has 0 aromatic carbocycles. The molecule has 0 aliphatic rings. The number of hydrogen-bond donors (Lipinski definition) is 2. The van der Waals surface area contributed by atoms with Gasteiger partial charge in [-0.15, -0.1) is 0 Å². The second-order valence-electron chi connectivity index (χ2n) is 2.53. The largest absolute Gasteiger partial charge is 0.478 e. The summed E-state index contributed by atoms with van der Waals surface area (Å²) < 4.78 is 4.89. The molecule has 0 unspecified atom stereocenters. The molecule has 0 aliphatic carbocycles. The summed E-state index contributed by atoms with van der Waals surface area (Å²) in [5.41, 5.74) is 0.00573. The van der Waals surface area contributed by atoms with Crippen molar-refractivity contribution in [1.29, 1.82) is 0 Å². The third-order valence-corrected chi connectivity index (χ3v) is 1.71. The Hall–Kier alpha value is -2.04. The van der Waals surface area contributed by atoms with Gasteiger partial charge in [-0.2, -0.15) is 0 Å². The topological polar surface area (TPSA) is 83.3 Å². The molecule has 66 valence electrons. The van der Waals surface area contributed by atoms with Crippen molar-refractivity contribution in [2.75, 3.05) is 0 Å². The summed E-state index contributed by atoms with van der Waals surface area (Å²) in [6.45, 7) is 0. The van der Waals surface area contributed by atoms with Crippen LogP contribution in [-0.4, -0.2) is 16.1 Å². The summed E-state index contributed by atoms with van der Waals surface area (Å²) in [6.07, 6.45) is 2.44. The lowest BCUT2D eigenvalue weighted by atomic mass is 10.2. The monoisotopic (exact) mass is 179 g/mol. The van der Waals surface area contributed by atoms with Crippen LogP contribution in [0.15, 0.2) is 27.7 Å². The molecule has 0 saturated heterocycles. The number of aromatic amines is 1. The highest BCUT2D eigenvalue weighted by Crippen LogP contribution is 2.17. The second-order valence-corrected chi connectivity index (χ2v) is 2.53. The Labute approximate surface area is 71.6 Å². The van der Waals surface area contributed by atoms with Crippen molar-refractivity contribution in [3.63, 3.8) is 0 Å². The molecule has 0 aliphatic heterocycles. The Morgan fingerprint density at radius 2 is 2.31 bits per heavy atom. The van der Waals surface area contributed by atoms with Gasteiger partial charge in [0.15, 0.2) is 0 Å². The van der Waals surface area contributed by atoms with Crippen molar-refractivity contribution < 1.29 is 14.3 Å². The quantitative estimate of drug-likeness (QED) is 0.678. The Balaban J connectivity index is 2.83. The molecule has 0 atom stereocenters. The number of carbonyl (C=O) groups is 1. The molecule has 5 heteroatoms. The molecule has 2 N–H and O–H groups in total. The number of furan rings is 1. The smallest absolute Gasteiger partial charge is 0.339 e. The summed E-state index contributed by atoms with van der Waals surface area (Å²) in [6, 6.07) is 1.21. The van der Waals surface area contributed by atoms with E-state index in [4.69, 9.17) is 9.52 Å². The second kappa shape index (κ2) is 2.48. The molecule has 2 rings (SSSR count). The number of aromatic carboxylic acids is 1. The number of carboxylic acids is 1. The molecule has 0 amide bonds. The van der Waals surface area contributed by atoms with Crippen LogP contribution in [0.25, 0.3) is 11.0 Å². The van der Waals surface area contributed by atoms with E-state index in [-0.39, 0.29) is 16.7 Å². The number of hydrogen-bond acceptors (Lipinski definition) is 3. The molecular weight excluding hydrogens is 174 g/mol. The van der Waals surface area contributed by atoms with Crippen LogP contribution in [-0.2, 0) is 0 Å². The van der Waals surface area contributed by atoms with Gasteiger partial charge in [-0.25, -0.2) is 4.79 Å². The normalized spacial score (nSPS) is 10.5. The molecule has 0 radical (unpaired) electrons. The fraction of sp³-hybridized carbons (Fsp3) is 0. The molecule has 0 spiro atoms. The van der Waals surface area contributed by atoms with Crippen molar-refractivity contribution in [3.8, 4) is 0 Å². The number of rotatable bonds is 1. The molecule has 2 heterocycles. The van der Waals surface area contributed by atoms with Crippen molar-refractivity contribution in [2.24, 2.45) is 0 Å². The van der Waals surface area contributed by atoms with Gasteiger partial charge in [0.25, 0.3) is 5.56 Å². The number of pyridine rings is 1. The van der Waals surface area contributed by atoms with Crippen LogP contribution in [0, 0.1) is 0 Å². The number of nitrogens with one attached hydrogen (secondary N) is 1. The number of aromatic nitrogens is 1. The van der Waals surface area contributed by atoms with Crippen molar-refractivity contribution in [3.05, 3.63) is 34.4 Å². The Morgan fingerprint density at radius 3 is 3.00 bits per heavy atom. The zero-order chi connectivity index (χ0) is 9.42. The first-order chi connectivity index (χ1) is 6.18. The first-order valence-electron chi connectivity index (χ1n) is 3.52. The van der Waals surface area contributed by atoms with E-state index in [1.54, 1.807) is 0 Å². The fourth-order valence-corrected chi connectivity index (χ4v) is 1.11. The van der Waals surface area contributed by atoms with Gasteiger partial charge < -0.3 is 14.5 Å². The molecular formula is C8H5NO4. The lowest BCUT2D eigenvalue weighted by Crippen LogP contribution is -2.02. The van der Waals surface area contributed by atoms with Crippen LogP contribution >= 0.6 is 0 Å². The van der Waals surface area contributed by atoms with Gasteiger partial charge in [-0.3, -0.25) is 4.79 Å². The highest BCUT2D eigenvalue weighted by molar-refractivity contribution is 6.01. The third-order valence-electron chi connectivity index (χ3n) is 1.71. The summed E-state index contributed by atoms with van der Waals surface area (Å²) in [5, 5.41) is 9.08. The Morgan fingerprint density at radius 1 is 1.54 bits per heavy atom. The number of fused-ring (bicyclic) bond motifs is 1. The van der Waals surface area contributed by atoms with Gasteiger partial charge in [0.05, 0.1) is 5.39 Å². The highest BCUT2D eigenvalue weighted by Gasteiger charge is 2.11. The predicted octanol–water partition coefficient (Wildman–Crippen LogP) is 0.819. The van der Waals surface area contributed by atoms with Gasteiger partial charge in [-0.1, -0.05) is 0 Å². The average Bonchev–Trinajstić information content (AvgIpc) is 2.46. The average molecular weight is 179 g/mol. The van der Waals surface area contributed by atoms with Crippen molar-refractivity contribution in [2.45, 2.75) is 0 Å². The Bertz CT molecular complexity index is 522. The van der Waals surface area contributed by atoms with Crippen LogP contribution in [0.3, 0.4) is 0 Å². The summed E-state index contributed by atoms with van der Waals surface area (Å²) in [7, 11) is 0. The summed E-state index contributed by atoms with van der Waals surface area (Å²) >= 11 is 0. The van der Waals surface area contributed by atoms with Crippen molar-refractivity contribution in [1.82, 2.24) is 4.98 Å². The van der Waals surface area contributed by atoms with E-state index in [0.29, 0.717) is 5.39 Å². The van der Waals surface area contributed by atoms with Crippen LogP contribution in [0.5, 0.6) is 0 Å². The molecule has 5 nitrogen and oxygen atoms in total. The van der Waals surface area contributed by atoms with E-state index in [2.05, 4.69) is 4.98 Å². The van der Waals surface area contributed by atoms with Crippen LogP contribution in [0.2, 0.25) is 0 Å². The lowest BCUT2D eigenvalue weighted by Gasteiger charge is -1.87. The summed E-state index contributed by atoms with van der Waals surface area (Å²) in [5.74, 6) is -1.08. The molecule has 13 heavy (non-hydrogen) atoms. The molecule has 0 saturated carbocycles. The highest BCUT2D eigenvalue weighted by atomic mass is 16.4. The zero-order valence-electron chi connectivity index (χ0n) is 6.40. The minimum absolute atomic E-state index is 0.0475. The van der Waals surface area contributed by atoms with Gasteiger partial charge >= 0.3 is 5.97 Å². The van der Waals surface area contributed by atoms with E-state index >= 15 is 0 Å². The first kappa shape index (κ1) is 7.60. The van der Waals surface area contributed by atoms with Crippen LogP contribution in [0.1, 0.15) is 10.4 Å². The van der Waals surface area contributed by atoms with Gasteiger partial charge in [0.1, 0.15) is 17.4 Å². The molecule has 2 aromatic heterocycles. The molecule has 0 fully saturated rings. The minimum atomic E-state index is -1.08. The number of carboxylic acid groups (broad SMARTS) is 1. The van der Waals surface area contributed by atoms with E-state index < -0.39 is 5.97 Å². The molecule has 0 bridgehead atoms. The van der Waals surface area contributed by atoms with Crippen LogP contribution in [0.4, 0.5) is 0 Å². The fourth-order valence-electron chi connectivity index (χ4n) is 1.11. The van der Waals surface area contributed by atoms with E-state index in [0.717, 1.165) is 6.26 Å². The maximum absolute atomic E-state index is 10.8. The zero-order valence-corrected chi connectivity index (χ0v) is 6.40. The van der Waals surface area contributed by atoms with Crippen molar-refractivity contribution >= 4 is 16.9 Å². The predicted molar refractivity (Wildman–Crippen MR) is 43.8 cm³/mol. The number of H-pyrrole nitrogens is 1. The van der Waals surface area contributed by atoms with E-state index in [1.165, 1.54) is 12.3 Å². The van der Waals surface area contributed by atoms with E-state index in [9.17, 15) is 9.59 Å². The van der Waals surface area contributed by atoms with Gasteiger partial charge in [0.2, 0.25) is 0 Å².